The van der Waals surface area contributed by atoms with Gasteiger partial charge in [-0.15, -0.1) is 0 Å². The van der Waals surface area contributed by atoms with Crippen LogP contribution in [0.2, 0.25) is 0 Å². The highest BCUT2D eigenvalue weighted by molar-refractivity contribution is 7.07. The van der Waals surface area contributed by atoms with Crippen LogP contribution in [0.25, 0.3) is 5.57 Å². The standard InChI is InChI=1S/C12H12NS/c1-11(9-13-7-8-14-10-13)12-5-3-2-4-6-12/h2-8,10H,1,9H2/q+1. The van der Waals surface area contributed by atoms with E-state index >= 15 is 0 Å². The van der Waals surface area contributed by atoms with Gasteiger partial charge in [-0.25, -0.2) is 0 Å². The van der Waals surface area contributed by atoms with Crippen molar-refractivity contribution in [1.82, 2.24) is 0 Å². The van der Waals surface area contributed by atoms with Crippen molar-refractivity contribution in [3.8, 4) is 0 Å². The van der Waals surface area contributed by atoms with Gasteiger partial charge in [-0.2, -0.15) is 4.57 Å². The van der Waals surface area contributed by atoms with E-state index in [1.54, 1.807) is 11.3 Å². The molecule has 0 radical (unpaired) electrons. The highest BCUT2D eigenvalue weighted by atomic mass is 32.1. The van der Waals surface area contributed by atoms with Crippen molar-refractivity contribution in [2.75, 3.05) is 0 Å². The predicted molar refractivity (Wildman–Crippen MR) is 60.0 cm³/mol. The van der Waals surface area contributed by atoms with Crippen molar-refractivity contribution in [3.63, 3.8) is 0 Å². The number of hydrogen-bond donors (Lipinski definition) is 0. The predicted octanol–water partition coefficient (Wildman–Crippen LogP) is 2.75. The Morgan fingerprint density at radius 3 is 2.71 bits per heavy atom. The second-order valence-electron chi connectivity index (χ2n) is 3.17. The SMILES string of the molecule is C=C(C[n+]1ccsc1)c1ccccc1. The molecule has 2 rings (SSSR count). The van der Waals surface area contributed by atoms with Crippen molar-refractivity contribution < 1.29 is 4.57 Å². The van der Waals surface area contributed by atoms with Crippen molar-refractivity contribution in [3.05, 3.63) is 59.6 Å². The van der Waals surface area contributed by atoms with E-state index in [4.69, 9.17) is 0 Å². The van der Waals surface area contributed by atoms with Gasteiger partial charge in [-0.3, -0.25) is 0 Å². The molecule has 1 nitrogen and oxygen atoms in total. The third kappa shape index (κ3) is 2.09. The molecule has 1 aromatic heterocycles. The molecule has 0 amide bonds. The Morgan fingerprint density at radius 2 is 2.07 bits per heavy atom. The Labute approximate surface area is 88.0 Å². The number of nitrogens with zero attached hydrogens (tertiary/aromatic N) is 1. The molecule has 70 valence electrons. The van der Waals surface area contributed by atoms with Crippen molar-refractivity contribution in [2.24, 2.45) is 0 Å². The highest BCUT2D eigenvalue weighted by Crippen LogP contribution is 2.11. The Kier molecular flexibility index (Phi) is 2.75. The van der Waals surface area contributed by atoms with E-state index in [9.17, 15) is 0 Å². The van der Waals surface area contributed by atoms with Gasteiger partial charge in [-0.05, 0) is 5.56 Å². The van der Waals surface area contributed by atoms with Gasteiger partial charge >= 0.3 is 0 Å². The third-order valence-electron chi connectivity index (χ3n) is 2.08. The monoisotopic (exact) mass is 202 g/mol. The molecule has 0 fully saturated rings. The van der Waals surface area contributed by atoms with Gasteiger partial charge < -0.3 is 0 Å². The van der Waals surface area contributed by atoms with Gasteiger partial charge in [0, 0.05) is 5.57 Å². The first-order valence-electron chi connectivity index (χ1n) is 4.51. The smallest absolute Gasteiger partial charge is 0.191 e. The van der Waals surface area contributed by atoms with E-state index in [1.807, 2.05) is 18.2 Å². The number of hydrogen-bond acceptors (Lipinski definition) is 1. The molecule has 0 saturated heterocycles. The normalized spacial score (nSPS) is 10.0. The lowest BCUT2D eigenvalue weighted by Gasteiger charge is -1.99. The van der Waals surface area contributed by atoms with E-state index in [0.717, 1.165) is 12.1 Å². The molecule has 0 aliphatic carbocycles. The maximum Gasteiger partial charge on any atom is 0.224 e. The van der Waals surface area contributed by atoms with Gasteiger partial charge in [0.05, 0.1) is 5.38 Å². The summed E-state index contributed by atoms with van der Waals surface area (Å²) in [6.45, 7) is 4.95. The van der Waals surface area contributed by atoms with Crippen molar-refractivity contribution in [1.29, 1.82) is 0 Å². The largest absolute Gasteiger partial charge is 0.224 e. The first kappa shape index (κ1) is 9.16. The summed E-state index contributed by atoms with van der Waals surface area (Å²) in [6, 6.07) is 10.3. The van der Waals surface area contributed by atoms with Crippen LogP contribution in [-0.2, 0) is 6.54 Å². The van der Waals surface area contributed by atoms with E-state index in [1.165, 1.54) is 5.56 Å². The summed E-state index contributed by atoms with van der Waals surface area (Å²) in [5.41, 5.74) is 4.45. The quantitative estimate of drug-likeness (QED) is 0.674. The second kappa shape index (κ2) is 4.20. The first-order valence-corrected chi connectivity index (χ1v) is 5.45. The van der Waals surface area contributed by atoms with Gasteiger partial charge in [0.25, 0.3) is 0 Å². The van der Waals surface area contributed by atoms with E-state index in [0.29, 0.717) is 0 Å². The maximum absolute atomic E-state index is 4.08. The summed E-state index contributed by atoms with van der Waals surface area (Å²) in [5, 5.41) is 2.07. The number of benzene rings is 1. The lowest BCUT2D eigenvalue weighted by atomic mass is 10.1. The molecule has 0 aliphatic rings. The number of aromatic nitrogens is 1. The lowest BCUT2D eigenvalue weighted by molar-refractivity contribution is -0.679. The minimum absolute atomic E-state index is 0.869. The van der Waals surface area contributed by atoms with Crippen LogP contribution in [0.15, 0.2) is 54.0 Å². The fourth-order valence-corrected chi connectivity index (χ4v) is 1.94. The van der Waals surface area contributed by atoms with Gasteiger partial charge in [0.15, 0.2) is 12.7 Å². The third-order valence-corrected chi connectivity index (χ3v) is 2.75. The molecule has 2 aromatic rings. The second-order valence-corrected chi connectivity index (χ2v) is 3.92. The summed E-state index contributed by atoms with van der Waals surface area (Å²) < 4.78 is 2.14. The molecule has 1 aromatic carbocycles. The first-order chi connectivity index (χ1) is 6.86. The van der Waals surface area contributed by atoms with Crippen LogP contribution in [0, 0.1) is 0 Å². The van der Waals surface area contributed by atoms with E-state index in [2.05, 4.69) is 40.4 Å². The molecule has 0 spiro atoms. The average Bonchev–Trinajstić information content (AvgIpc) is 2.72. The van der Waals surface area contributed by atoms with Crippen LogP contribution in [0.1, 0.15) is 5.56 Å². The lowest BCUT2D eigenvalue weighted by Crippen LogP contribution is -2.30. The molecule has 0 saturated carbocycles. The summed E-state index contributed by atoms with van der Waals surface area (Å²) >= 11 is 1.70. The van der Waals surface area contributed by atoms with Gasteiger partial charge in [0.2, 0.25) is 5.51 Å². The molecule has 0 N–H and O–H groups in total. The topological polar surface area (TPSA) is 3.88 Å². The molecule has 0 atom stereocenters. The zero-order chi connectivity index (χ0) is 9.80. The van der Waals surface area contributed by atoms with Crippen LogP contribution in [0.5, 0.6) is 0 Å². The average molecular weight is 202 g/mol. The minimum Gasteiger partial charge on any atom is -0.191 e. The van der Waals surface area contributed by atoms with Crippen molar-refractivity contribution >= 4 is 16.9 Å². The molecule has 14 heavy (non-hydrogen) atoms. The summed E-state index contributed by atoms with van der Waals surface area (Å²) in [6.07, 6.45) is 2.07. The van der Waals surface area contributed by atoms with E-state index < -0.39 is 0 Å². The van der Waals surface area contributed by atoms with Crippen molar-refractivity contribution in [2.45, 2.75) is 6.54 Å². The van der Waals surface area contributed by atoms with Crippen LogP contribution >= 0.6 is 11.3 Å². The van der Waals surface area contributed by atoms with Crippen LogP contribution < -0.4 is 4.57 Å². The summed E-state index contributed by atoms with van der Waals surface area (Å²) in [7, 11) is 0. The highest BCUT2D eigenvalue weighted by Gasteiger charge is 2.04. The molecule has 2 heteroatoms. The Morgan fingerprint density at radius 1 is 1.29 bits per heavy atom. The Bertz CT molecular complexity index is 403. The molecular weight excluding hydrogens is 190 g/mol. The van der Waals surface area contributed by atoms with E-state index in [-0.39, 0.29) is 0 Å². The Balaban J connectivity index is 2.11. The summed E-state index contributed by atoms with van der Waals surface area (Å²) in [5.74, 6) is 0. The zero-order valence-corrected chi connectivity index (χ0v) is 8.70. The van der Waals surface area contributed by atoms with Crippen LogP contribution in [0.4, 0.5) is 0 Å². The fraction of sp³-hybridized carbons (Fsp3) is 0.0833. The number of allylic oxidation sites excluding steroid dienone is 1. The van der Waals surface area contributed by atoms with Gasteiger partial charge in [0.1, 0.15) is 0 Å². The molecule has 0 bridgehead atoms. The Hall–Kier alpha value is -1.41. The fourth-order valence-electron chi connectivity index (χ4n) is 1.34. The van der Waals surface area contributed by atoms with Crippen LogP contribution in [0.3, 0.4) is 0 Å². The minimum atomic E-state index is 0.869. The molecular formula is C12H12NS+. The van der Waals surface area contributed by atoms with Gasteiger partial charge in [-0.1, -0.05) is 48.2 Å². The zero-order valence-electron chi connectivity index (χ0n) is 7.89. The molecule has 1 heterocycles. The summed E-state index contributed by atoms with van der Waals surface area (Å²) in [4.78, 5) is 0. The molecule has 0 unspecified atom stereocenters. The molecule has 0 aliphatic heterocycles. The maximum atomic E-state index is 4.08. The number of thiazole rings is 1. The van der Waals surface area contributed by atoms with Crippen LogP contribution in [-0.4, -0.2) is 0 Å². The number of rotatable bonds is 3.